The first-order valence-electron chi connectivity index (χ1n) is 28.1. The largest absolute Gasteiger partial charge is 0.0622 e. The highest BCUT2D eigenvalue weighted by Crippen LogP contribution is 2.62. The monoisotopic (exact) mass is 1000 g/mol. The van der Waals surface area contributed by atoms with Crippen molar-refractivity contribution in [2.75, 3.05) is 0 Å². The highest BCUT2D eigenvalue weighted by molar-refractivity contribution is 6.51. The van der Waals surface area contributed by atoms with E-state index in [9.17, 15) is 0 Å². The van der Waals surface area contributed by atoms with Gasteiger partial charge in [-0.25, -0.2) is 0 Å². The molecule has 0 radical (unpaired) electrons. The molecule has 0 N–H and O–H groups in total. The maximum absolute atomic E-state index is 2.49. The molecular weight excluding hydrogens is 961 g/mol. The topological polar surface area (TPSA) is 0 Å². The normalized spacial score (nSPS) is 12.5. The summed E-state index contributed by atoms with van der Waals surface area (Å²) in [6.07, 6.45) is 0. The minimum absolute atomic E-state index is 1.21. The quantitative estimate of drug-likeness (QED) is 0.119. The summed E-state index contributed by atoms with van der Waals surface area (Å²) >= 11 is 0. The minimum Gasteiger partial charge on any atom is -0.0622 e. The fourth-order valence-electron chi connectivity index (χ4n) is 15.5. The van der Waals surface area contributed by atoms with Crippen molar-refractivity contribution in [3.05, 3.63) is 267 Å². The van der Waals surface area contributed by atoms with Crippen molar-refractivity contribution >= 4 is 118 Å². The number of hydrogen-bond acceptors (Lipinski definition) is 0. The average Bonchev–Trinajstić information content (AvgIpc) is 4.32. The zero-order valence-corrected chi connectivity index (χ0v) is 43.4. The van der Waals surface area contributed by atoms with Crippen LogP contribution in [0.1, 0.15) is 0 Å². The Kier molecular flexibility index (Phi) is 8.34. The van der Waals surface area contributed by atoms with E-state index in [1.165, 1.54) is 196 Å². The minimum atomic E-state index is 1.21. The smallest absolute Gasteiger partial charge is 0.000696 e. The fraction of sp³-hybridized carbons (Fsp3) is 0. The summed E-state index contributed by atoms with van der Waals surface area (Å²) in [4.78, 5) is 0. The average molecular weight is 1010 g/mol. The first-order chi connectivity index (χ1) is 39.8. The van der Waals surface area contributed by atoms with E-state index in [4.69, 9.17) is 0 Å². The van der Waals surface area contributed by atoms with Crippen molar-refractivity contribution in [3.8, 4) is 77.9 Å². The Morgan fingerprint density at radius 1 is 0.138 bits per heavy atom. The van der Waals surface area contributed by atoms with Crippen molar-refractivity contribution < 1.29 is 0 Å². The third kappa shape index (κ3) is 5.40. The summed E-state index contributed by atoms with van der Waals surface area (Å²) in [5, 5.41) is 29.1. The Hall–Kier alpha value is -10.4. The van der Waals surface area contributed by atoms with Gasteiger partial charge in [0.05, 0.1) is 0 Å². The van der Waals surface area contributed by atoms with E-state index in [1.54, 1.807) is 0 Å². The van der Waals surface area contributed by atoms with Crippen LogP contribution in [0.3, 0.4) is 0 Å². The lowest BCUT2D eigenvalue weighted by Crippen LogP contribution is -1.96. The SMILES string of the molecule is c1ccc(-c2ccccc2-c2c3c(c(-c4ccccc4-c4ccccc4)c4cc5ccccc5cc24)-c2ccc4c5ccc6c7c(ccc(c8ccc-3c2c84)c57)c2c(-c3ccccc3)c3cccc4c5ccccc5c(c34)c62)cc1. The lowest BCUT2D eigenvalue weighted by atomic mass is 9.79. The van der Waals surface area contributed by atoms with Gasteiger partial charge in [0, 0.05) is 0 Å². The van der Waals surface area contributed by atoms with Crippen LogP contribution in [0.25, 0.3) is 196 Å². The van der Waals surface area contributed by atoms with Crippen LogP contribution in [0.4, 0.5) is 0 Å². The molecule has 0 unspecified atom stereocenters. The second-order valence-corrected chi connectivity index (χ2v) is 22.4. The van der Waals surface area contributed by atoms with Crippen LogP contribution in [-0.2, 0) is 0 Å². The van der Waals surface area contributed by atoms with Crippen LogP contribution in [0.2, 0.25) is 0 Å². The molecule has 0 heterocycles. The van der Waals surface area contributed by atoms with Crippen molar-refractivity contribution in [1.29, 1.82) is 0 Å². The molecule has 0 heteroatoms. The molecule has 0 spiro atoms. The number of rotatable bonds is 5. The summed E-state index contributed by atoms with van der Waals surface area (Å²) < 4.78 is 0. The Bertz CT molecular complexity index is 5470. The highest BCUT2D eigenvalue weighted by Gasteiger charge is 2.35. The molecule has 0 atom stereocenters. The molecule has 1 aliphatic carbocycles. The summed E-state index contributed by atoms with van der Waals surface area (Å²) in [7, 11) is 0. The van der Waals surface area contributed by atoms with Gasteiger partial charge >= 0.3 is 0 Å². The van der Waals surface area contributed by atoms with E-state index in [-0.39, 0.29) is 0 Å². The van der Waals surface area contributed by atoms with Gasteiger partial charge in [-0.3, -0.25) is 0 Å². The molecule has 0 bridgehead atoms. The maximum Gasteiger partial charge on any atom is -0.000696 e. The molecule has 0 amide bonds. The molecule has 19 rings (SSSR count). The van der Waals surface area contributed by atoms with Crippen molar-refractivity contribution in [2.45, 2.75) is 0 Å². The molecule has 0 nitrogen and oxygen atoms in total. The lowest BCUT2D eigenvalue weighted by Gasteiger charge is -2.24. The summed E-state index contributed by atoms with van der Waals surface area (Å²) in [6, 6.07) is 101. The van der Waals surface area contributed by atoms with Crippen molar-refractivity contribution in [3.63, 3.8) is 0 Å². The van der Waals surface area contributed by atoms with E-state index in [0.717, 1.165) is 0 Å². The van der Waals surface area contributed by atoms with Gasteiger partial charge in [-0.1, -0.05) is 255 Å². The predicted octanol–water partition coefficient (Wildman–Crippen LogP) is 22.7. The molecular formula is C80H44. The predicted molar refractivity (Wildman–Crippen MR) is 344 cm³/mol. The molecule has 1 aliphatic rings. The van der Waals surface area contributed by atoms with Gasteiger partial charge in [0.15, 0.2) is 0 Å². The third-order valence-corrected chi connectivity index (χ3v) is 18.6. The van der Waals surface area contributed by atoms with Gasteiger partial charge in [-0.15, -0.1) is 0 Å². The maximum atomic E-state index is 2.49. The van der Waals surface area contributed by atoms with Crippen LogP contribution in [0.15, 0.2) is 267 Å². The molecule has 18 aromatic rings. The highest BCUT2D eigenvalue weighted by atomic mass is 14.4. The van der Waals surface area contributed by atoms with Crippen LogP contribution in [0.5, 0.6) is 0 Å². The molecule has 80 heavy (non-hydrogen) atoms. The molecule has 0 saturated heterocycles. The summed E-state index contributed by atoms with van der Waals surface area (Å²) in [6.45, 7) is 0. The first kappa shape index (κ1) is 42.7. The lowest BCUT2D eigenvalue weighted by molar-refractivity contribution is 1.58. The molecule has 0 aromatic heterocycles. The third-order valence-electron chi connectivity index (χ3n) is 18.6. The van der Waals surface area contributed by atoms with Crippen LogP contribution < -0.4 is 0 Å². The van der Waals surface area contributed by atoms with Gasteiger partial charge < -0.3 is 0 Å². The number of fused-ring (bicyclic) bond motifs is 14. The number of benzene rings is 16. The van der Waals surface area contributed by atoms with Gasteiger partial charge in [0.25, 0.3) is 0 Å². The molecule has 0 fully saturated rings. The second kappa shape index (κ2) is 15.6. The summed E-state index contributed by atoms with van der Waals surface area (Å²) in [5.41, 5.74) is 17.7. The Morgan fingerprint density at radius 2 is 0.487 bits per heavy atom. The second-order valence-electron chi connectivity index (χ2n) is 22.4. The van der Waals surface area contributed by atoms with Crippen molar-refractivity contribution in [1.82, 2.24) is 0 Å². The zero-order chi connectivity index (χ0) is 51.9. The first-order valence-corrected chi connectivity index (χ1v) is 28.1. The van der Waals surface area contributed by atoms with Crippen LogP contribution >= 0.6 is 0 Å². The Morgan fingerprint density at radius 3 is 1.05 bits per heavy atom. The molecule has 0 aliphatic heterocycles. The van der Waals surface area contributed by atoms with Gasteiger partial charge in [-0.2, -0.15) is 0 Å². The van der Waals surface area contributed by atoms with Crippen LogP contribution in [-0.4, -0.2) is 0 Å². The Balaban J connectivity index is 0.984. The van der Waals surface area contributed by atoms with Gasteiger partial charge in [0.2, 0.25) is 0 Å². The van der Waals surface area contributed by atoms with Crippen molar-refractivity contribution in [2.24, 2.45) is 0 Å². The standard InChI is InChI=1S/C80H44/c1-4-19-45(20-5-1)50-27-12-15-30-53(50)72-66-43-48-25-10-11-26-49(48)44-67(66)73(54-31-16-13-28-51(54)46-21-6-2-7-22-46)79-64-41-37-59-60-38-42-65-74-62(39-35-57(69(60)74)58-36-40-63(78(72)79)75(64)70(58)59)77-68(47-23-8-3-9-24-47)61-34-18-33-55-52-29-14-17-32-56(52)76(71(55)61)80(65)77/h1-44H. The van der Waals surface area contributed by atoms with E-state index < -0.39 is 0 Å². The summed E-state index contributed by atoms with van der Waals surface area (Å²) in [5.74, 6) is 0. The fourth-order valence-corrected chi connectivity index (χ4v) is 15.5. The van der Waals surface area contributed by atoms with E-state index in [0.29, 0.717) is 0 Å². The van der Waals surface area contributed by atoms with Crippen LogP contribution in [0, 0.1) is 0 Å². The molecule has 364 valence electrons. The van der Waals surface area contributed by atoms with Gasteiger partial charge in [-0.05, 0) is 209 Å². The van der Waals surface area contributed by atoms with E-state index in [1.807, 2.05) is 0 Å². The van der Waals surface area contributed by atoms with E-state index in [2.05, 4.69) is 267 Å². The van der Waals surface area contributed by atoms with E-state index >= 15 is 0 Å². The Labute approximate surface area is 460 Å². The number of hydrogen-bond donors (Lipinski definition) is 0. The van der Waals surface area contributed by atoms with Gasteiger partial charge in [0.1, 0.15) is 0 Å². The molecule has 0 saturated carbocycles. The molecule has 18 aromatic carbocycles. The zero-order valence-electron chi connectivity index (χ0n) is 43.4.